The molecule has 1 heterocycles. The molecule has 1 aromatic heterocycles. The summed E-state index contributed by atoms with van der Waals surface area (Å²) >= 11 is 0. The molecule has 0 radical (unpaired) electrons. The summed E-state index contributed by atoms with van der Waals surface area (Å²) in [4.78, 5) is 4.15. The third-order valence-electron chi connectivity index (χ3n) is 2.21. The van der Waals surface area contributed by atoms with Crippen LogP contribution in [-0.2, 0) is 0 Å². The maximum absolute atomic E-state index is 4.15. The summed E-state index contributed by atoms with van der Waals surface area (Å²) in [6, 6.07) is 11.7. The fourth-order valence-electron chi connectivity index (χ4n) is 1.25. The minimum atomic E-state index is 0.770. The van der Waals surface area contributed by atoms with Gasteiger partial charge in [0.15, 0.2) is 0 Å². The molecule has 1 aromatic carbocycles. The topological polar surface area (TPSA) is 37.6 Å². The fourth-order valence-corrected chi connectivity index (χ4v) is 1.25. The summed E-state index contributed by atoms with van der Waals surface area (Å²) < 4.78 is 0. The largest absolute Gasteiger partial charge is 0.259 e. The molecule has 0 atom stereocenters. The van der Waals surface area contributed by atoms with Gasteiger partial charge in [0.2, 0.25) is 0 Å². The maximum Gasteiger partial charge on any atom is 0.104 e. The van der Waals surface area contributed by atoms with Crippen molar-refractivity contribution in [1.82, 2.24) is 4.98 Å². The lowest BCUT2D eigenvalue weighted by atomic mass is 10.2. The van der Waals surface area contributed by atoms with Gasteiger partial charge in [0, 0.05) is 5.69 Å². The van der Waals surface area contributed by atoms with E-state index in [1.54, 1.807) is 6.20 Å². The van der Waals surface area contributed by atoms with E-state index in [4.69, 9.17) is 0 Å². The van der Waals surface area contributed by atoms with Gasteiger partial charge in [-0.15, -0.1) is 5.11 Å². The van der Waals surface area contributed by atoms with Gasteiger partial charge in [-0.3, -0.25) is 4.98 Å². The average molecular weight is 211 g/mol. The lowest BCUT2D eigenvalue weighted by Crippen LogP contribution is -1.75. The second-order valence-electron chi connectivity index (χ2n) is 3.69. The molecule has 3 nitrogen and oxygen atoms in total. The minimum absolute atomic E-state index is 0.770. The molecule has 0 aliphatic rings. The number of hydrogen-bond acceptors (Lipinski definition) is 3. The highest BCUT2D eigenvalue weighted by atomic mass is 15.1. The number of benzene rings is 1. The number of pyridine rings is 1. The Morgan fingerprint density at radius 2 is 1.44 bits per heavy atom. The van der Waals surface area contributed by atoms with Crippen molar-refractivity contribution in [2.24, 2.45) is 10.2 Å². The van der Waals surface area contributed by atoms with Crippen molar-refractivity contribution in [3.63, 3.8) is 0 Å². The first-order valence-corrected chi connectivity index (χ1v) is 5.15. The van der Waals surface area contributed by atoms with Crippen LogP contribution in [-0.4, -0.2) is 4.98 Å². The third-order valence-corrected chi connectivity index (χ3v) is 2.21. The predicted molar refractivity (Wildman–Crippen MR) is 64.3 cm³/mol. The van der Waals surface area contributed by atoms with Crippen LogP contribution in [0.2, 0.25) is 0 Å². The van der Waals surface area contributed by atoms with Crippen molar-refractivity contribution < 1.29 is 0 Å². The van der Waals surface area contributed by atoms with Gasteiger partial charge in [0.05, 0.1) is 11.9 Å². The summed E-state index contributed by atoms with van der Waals surface area (Å²) in [6.07, 6.45) is 1.72. The van der Waals surface area contributed by atoms with Crippen molar-refractivity contribution in [3.8, 4) is 0 Å². The first kappa shape index (κ1) is 10.5. The van der Waals surface area contributed by atoms with Gasteiger partial charge in [-0.25, -0.2) is 0 Å². The van der Waals surface area contributed by atoms with Gasteiger partial charge in [0.25, 0.3) is 0 Å². The molecule has 3 heteroatoms. The van der Waals surface area contributed by atoms with Crippen molar-refractivity contribution >= 4 is 11.4 Å². The number of azo groups is 1. The normalized spacial score (nSPS) is 10.9. The molecule has 0 N–H and O–H groups in total. The summed E-state index contributed by atoms with van der Waals surface area (Å²) in [5, 5.41) is 8.24. The van der Waals surface area contributed by atoms with Gasteiger partial charge in [-0.2, -0.15) is 5.11 Å². The van der Waals surface area contributed by atoms with Crippen LogP contribution < -0.4 is 0 Å². The lowest BCUT2D eigenvalue weighted by molar-refractivity contribution is 1.15. The zero-order chi connectivity index (χ0) is 11.4. The van der Waals surface area contributed by atoms with Crippen LogP contribution in [0.15, 0.2) is 52.8 Å². The van der Waals surface area contributed by atoms with E-state index in [-0.39, 0.29) is 0 Å². The Morgan fingerprint density at radius 3 is 2.06 bits per heavy atom. The molecule has 80 valence electrons. The lowest BCUT2D eigenvalue weighted by Gasteiger charge is -1.94. The number of hydrogen-bond donors (Lipinski definition) is 0. The Hall–Kier alpha value is -2.03. The van der Waals surface area contributed by atoms with E-state index >= 15 is 0 Å². The van der Waals surface area contributed by atoms with Crippen LogP contribution in [0.25, 0.3) is 0 Å². The number of nitrogens with zero attached hydrogens (tertiary/aromatic N) is 3. The first-order chi connectivity index (χ1) is 7.74. The van der Waals surface area contributed by atoms with Gasteiger partial charge in [-0.1, -0.05) is 17.7 Å². The first-order valence-electron chi connectivity index (χ1n) is 5.15. The molecular formula is C13H13N3. The molecular weight excluding hydrogens is 198 g/mol. The second kappa shape index (κ2) is 4.66. The number of rotatable bonds is 2. The Labute approximate surface area is 94.9 Å². The van der Waals surface area contributed by atoms with E-state index in [2.05, 4.69) is 15.2 Å². The van der Waals surface area contributed by atoms with E-state index in [0.717, 1.165) is 17.1 Å². The van der Waals surface area contributed by atoms with E-state index in [0.29, 0.717) is 0 Å². The molecule has 0 fully saturated rings. The van der Waals surface area contributed by atoms with Gasteiger partial charge in [-0.05, 0) is 38.1 Å². The highest BCUT2D eigenvalue weighted by molar-refractivity contribution is 5.40. The number of aromatic nitrogens is 1. The summed E-state index contributed by atoms with van der Waals surface area (Å²) in [6.45, 7) is 3.99. The molecule has 0 saturated carbocycles. The molecule has 0 spiro atoms. The highest BCUT2D eigenvalue weighted by Crippen LogP contribution is 2.17. The highest BCUT2D eigenvalue weighted by Gasteiger charge is 1.91. The average Bonchev–Trinajstić information content (AvgIpc) is 2.30. The molecule has 0 amide bonds. The van der Waals surface area contributed by atoms with Crippen LogP contribution in [0.5, 0.6) is 0 Å². The second-order valence-corrected chi connectivity index (χ2v) is 3.69. The van der Waals surface area contributed by atoms with Crippen molar-refractivity contribution in [1.29, 1.82) is 0 Å². The van der Waals surface area contributed by atoms with Crippen LogP contribution in [0.3, 0.4) is 0 Å². The van der Waals surface area contributed by atoms with E-state index in [1.165, 1.54) is 5.56 Å². The summed E-state index contributed by atoms with van der Waals surface area (Å²) in [5.74, 6) is 0. The monoisotopic (exact) mass is 211 g/mol. The van der Waals surface area contributed by atoms with Crippen molar-refractivity contribution in [2.45, 2.75) is 13.8 Å². The van der Waals surface area contributed by atoms with Crippen LogP contribution >= 0.6 is 0 Å². The molecule has 16 heavy (non-hydrogen) atoms. The molecule has 2 rings (SSSR count). The predicted octanol–water partition coefficient (Wildman–Crippen LogP) is 4.11. The molecule has 2 aromatic rings. The Kier molecular flexibility index (Phi) is 3.05. The molecule has 0 unspecified atom stereocenters. The van der Waals surface area contributed by atoms with Gasteiger partial charge < -0.3 is 0 Å². The molecule has 0 saturated heterocycles. The standard InChI is InChI=1S/C13H13N3/c1-10-3-6-12(7-4-10)15-16-13-8-5-11(2)14-9-13/h3-9H,1-2H3. The fraction of sp³-hybridized carbons (Fsp3) is 0.154. The van der Waals surface area contributed by atoms with Crippen LogP contribution in [0.4, 0.5) is 11.4 Å². The third kappa shape index (κ3) is 2.73. The SMILES string of the molecule is Cc1ccc(N=Nc2ccc(C)nc2)cc1. The maximum atomic E-state index is 4.15. The van der Waals surface area contributed by atoms with Crippen molar-refractivity contribution in [3.05, 3.63) is 53.9 Å². The minimum Gasteiger partial charge on any atom is -0.259 e. The van der Waals surface area contributed by atoms with Crippen molar-refractivity contribution in [2.75, 3.05) is 0 Å². The van der Waals surface area contributed by atoms with E-state index in [9.17, 15) is 0 Å². The zero-order valence-corrected chi connectivity index (χ0v) is 9.38. The van der Waals surface area contributed by atoms with E-state index < -0.39 is 0 Å². The zero-order valence-electron chi connectivity index (χ0n) is 9.38. The smallest absolute Gasteiger partial charge is 0.104 e. The van der Waals surface area contributed by atoms with Gasteiger partial charge >= 0.3 is 0 Å². The quantitative estimate of drug-likeness (QED) is 0.688. The van der Waals surface area contributed by atoms with Gasteiger partial charge in [0.1, 0.15) is 5.69 Å². The van der Waals surface area contributed by atoms with E-state index in [1.807, 2.05) is 50.2 Å². The Bertz CT molecular complexity index is 436. The van der Waals surface area contributed by atoms with Crippen LogP contribution in [0, 0.1) is 13.8 Å². The Morgan fingerprint density at radius 1 is 0.812 bits per heavy atom. The Balaban J connectivity index is 2.15. The summed E-state index contributed by atoms with van der Waals surface area (Å²) in [7, 11) is 0. The summed E-state index contributed by atoms with van der Waals surface area (Å²) in [5.41, 5.74) is 3.82. The van der Waals surface area contributed by atoms with Crippen LogP contribution in [0.1, 0.15) is 11.3 Å². The number of aryl methyl sites for hydroxylation is 2. The molecule has 0 bridgehead atoms. The molecule has 0 aliphatic carbocycles. The molecule has 0 aliphatic heterocycles.